The highest BCUT2D eigenvalue weighted by Crippen LogP contribution is 2.11. The van der Waals surface area contributed by atoms with E-state index in [4.69, 9.17) is 14.6 Å². The number of hydrogen-bond acceptors (Lipinski definition) is 5. The summed E-state index contributed by atoms with van der Waals surface area (Å²) in [5.74, 6) is 0.0837. The topological polar surface area (TPSA) is 88.0 Å². The lowest BCUT2D eigenvalue weighted by atomic mass is 10.0. The van der Waals surface area contributed by atoms with E-state index in [1.54, 1.807) is 14.0 Å². The van der Waals surface area contributed by atoms with Crippen LogP contribution >= 0.6 is 0 Å². The SMILES string of the molecule is COCCOCCNC(=O)CCCCCCCCC(O)C(C)O. The summed E-state index contributed by atoms with van der Waals surface area (Å²) in [4.78, 5) is 11.6. The zero-order chi connectivity index (χ0) is 17.3. The standard InChI is InChI=1S/C17H35NO5/c1-15(19)16(20)9-7-5-3-4-6-8-10-17(21)18-11-12-23-14-13-22-2/h15-16,19-20H,3-14H2,1-2H3,(H,18,21). The van der Waals surface area contributed by atoms with Crippen LogP contribution in [0.15, 0.2) is 0 Å². The Bertz CT molecular complexity index is 274. The largest absolute Gasteiger partial charge is 0.391 e. The number of aliphatic hydroxyl groups excluding tert-OH is 2. The van der Waals surface area contributed by atoms with E-state index in [9.17, 15) is 9.90 Å². The third-order valence-corrected chi connectivity index (χ3v) is 3.71. The second-order valence-corrected chi connectivity index (χ2v) is 5.92. The molecule has 0 bridgehead atoms. The Balaban J connectivity index is 3.23. The van der Waals surface area contributed by atoms with Crippen LogP contribution in [0.3, 0.4) is 0 Å². The maximum atomic E-state index is 11.6. The Hall–Kier alpha value is -0.690. The molecular formula is C17H35NO5. The van der Waals surface area contributed by atoms with Crippen molar-refractivity contribution in [3.05, 3.63) is 0 Å². The van der Waals surface area contributed by atoms with Crippen molar-refractivity contribution in [2.75, 3.05) is 33.5 Å². The molecule has 0 heterocycles. The van der Waals surface area contributed by atoms with Gasteiger partial charge in [0.1, 0.15) is 0 Å². The number of carbonyl (C=O) groups is 1. The number of ether oxygens (including phenoxy) is 2. The van der Waals surface area contributed by atoms with Crippen LogP contribution in [0.5, 0.6) is 0 Å². The first-order valence-corrected chi connectivity index (χ1v) is 8.77. The van der Waals surface area contributed by atoms with Crippen LogP contribution in [0.1, 0.15) is 58.3 Å². The fraction of sp³-hybridized carbons (Fsp3) is 0.941. The molecule has 0 radical (unpaired) electrons. The zero-order valence-electron chi connectivity index (χ0n) is 14.8. The summed E-state index contributed by atoms with van der Waals surface area (Å²) in [6.07, 6.45) is 6.18. The second kappa shape index (κ2) is 16.2. The zero-order valence-corrected chi connectivity index (χ0v) is 14.8. The summed E-state index contributed by atoms with van der Waals surface area (Å²) in [6.45, 7) is 3.82. The molecule has 138 valence electrons. The first-order chi connectivity index (χ1) is 11.1. The monoisotopic (exact) mass is 333 g/mol. The van der Waals surface area contributed by atoms with Gasteiger partial charge in [-0.3, -0.25) is 4.79 Å². The molecule has 2 atom stereocenters. The van der Waals surface area contributed by atoms with Crippen molar-refractivity contribution in [2.45, 2.75) is 70.5 Å². The van der Waals surface area contributed by atoms with Gasteiger partial charge in [-0.2, -0.15) is 0 Å². The molecule has 0 aliphatic carbocycles. The third kappa shape index (κ3) is 16.0. The Morgan fingerprint density at radius 3 is 2.30 bits per heavy atom. The van der Waals surface area contributed by atoms with Crippen molar-refractivity contribution < 1.29 is 24.5 Å². The Kier molecular flexibility index (Phi) is 15.7. The molecule has 0 saturated carbocycles. The third-order valence-electron chi connectivity index (χ3n) is 3.71. The number of hydrogen-bond donors (Lipinski definition) is 3. The van der Waals surface area contributed by atoms with Crippen molar-refractivity contribution in [1.82, 2.24) is 5.32 Å². The number of amides is 1. The normalized spacial score (nSPS) is 13.7. The van der Waals surface area contributed by atoms with Crippen LogP contribution in [0, 0.1) is 0 Å². The molecular weight excluding hydrogens is 298 g/mol. The highest BCUT2D eigenvalue weighted by atomic mass is 16.5. The summed E-state index contributed by atoms with van der Waals surface area (Å²) in [5, 5.41) is 21.4. The smallest absolute Gasteiger partial charge is 0.220 e. The maximum Gasteiger partial charge on any atom is 0.220 e. The number of nitrogens with one attached hydrogen (secondary N) is 1. The van der Waals surface area contributed by atoms with E-state index < -0.39 is 12.2 Å². The number of carbonyl (C=O) groups excluding carboxylic acids is 1. The van der Waals surface area contributed by atoms with Gasteiger partial charge in [-0.05, 0) is 19.8 Å². The molecule has 0 fully saturated rings. The first kappa shape index (κ1) is 22.3. The molecule has 0 saturated heterocycles. The Labute approximate surface area is 140 Å². The quantitative estimate of drug-likeness (QED) is 0.374. The van der Waals surface area contributed by atoms with Crippen molar-refractivity contribution >= 4 is 5.91 Å². The molecule has 0 aromatic rings. The van der Waals surface area contributed by atoms with Crippen LogP contribution in [-0.2, 0) is 14.3 Å². The molecule has 1 amide bonds. The summed E-state index contributed by atoms with van der Waals surface area (Å²) in [6, 6.07) is 0. The molecule has 0 aliphatic heterocycles. The summed E-state index contributed by atoms with van der Waals surface area (Å²) >= 11 is 0. The van der Waals surface area contributed by atoms with Crippen molar-refractivity contribution in [3.63, 3.8) is 0 Å². The lowest BCUT2D eigenvalue weighted by molar-refractivity contribution is -0.121. The van der Waals surface area contributed by atoms with Gasteiger partial charge in [0.15, 0.2) is 0 Å². The minimum Gasteiger partial charge on any atom is -0.391 e. The molecule has 0 aromatic carbocycles. The minimum absolute atomic E-state index is 0.0837. The van der Waals surface area contributed by atoms with Crippen LogP contribution in [-0.4, -0.2) is 61.8 Å². The average molecular weight is 333 g/mol. The van der Waals surface area contributed by atoms with Gasteiger partial charge in [-0.1, -0.05) is 32.1 Å². The molecule has 0 aromatic heterocycles. The molecule has 6 nitrogen and oxygen atoms in total. The van der Waals surface area contributed by atoms with E-state index in [-0.39, 0.29) is 5.91 Å². The van der Waals surface area contributed by atoms with E-state index in [1.807, 2.05) is 0 Å². The predicted molar refractivity (Wildman–Crippen MR) is 90.3 cm³/mol. The fourth-order valence-electron chi connectivity index (χ4n) is 2.18. The number of aliphatic hydroxyl groups is 2. The summed E-state index contributed by atoms with van der Waals surface area (Å²) < 4.78 is 10.1. The van der Waals surface area contributed by atoms with E-state index >= 15 is 0 Å². The van der Waals surface area contributed by atoms with Crippen LogP contribution in [0.25, 0.3) is 0 Å². The van der Waals surface area contributed by atoms with Gasteiger partial charge in [0.25, 0.3) is 0 Å². The molecule has 3 N–H and O–H groups in total. The predicted octanol–water partition coefficient (Wildman–Crippen LogP) is 1.63. The fourth-order valence-corrected chi connectivity index (χ4v) is 2.18. The summed E-state index contributed by atoms with van der Waals surface area (Å²) in [7, 11) is 1.63. The van der Waals surface area contributed by atoms with Crippen molar-refractivity contribution in [2.24, 2.45) is 0 Å². The second-order valence-electron chi connectivity index (χ2n) is 5.92. The molecule has 0 aliphatic rings. The van der Waals surface area contributed by atoms with Crippen LogP contribution in [0.2, 0.25) is 0 Å². The lowest BCUT2D eigenvalue weighted by Crippen LogP contribution is -2.27. The molecule has 0 spiro atoms. The number of rotatable bonds is 16. The lowest BCUT2D eigenvalue weighted by Gasteiger charge is -2.12. The van der Waals surface area contributed by atoms with Gasteiger partial charge in [-0.25, -0.2) is 0 Å². The summed E-state index contributed by atoms with van der Waals surface area (Å²) in [5.41, 5.74) is 0. The van der Waals surface area contributed by atoms with Gasteiger partial charge in [0, 0.05) is 20.1 Å². The van der Waals surface area contributed by atoms with E-state index in [0.717, 1.165) is 38.5 Å². The van der Waals surface area contributed by atoms with Gasteiger partial charge >= 0.3 is 0 Å². The molecule has 2 unspecified atom stereocenters. The Morgan fingerprint density at radius 2 is 1.65 bits per heavy atom. The highest BCUT2D eigenvalue weighted by molar-refractivity contribution is 5.75. The van der Waals surface area contributed by atoms with Crippen molar-refractivity contribution in [1.29, 1.82) is 0 Å². The molecule has 23 heavy (non-hydrogen) atoms. The van der Waals surface area contributed by atoms with Crippen molar-refractivity contribution in [3.8, 4) is 0 Å². The van der Waals surface area contributed by atoms with Gasteiger partial charge in [-0.15, -0.1) is 0 Å². The van der Waals surface area contributed by atoms with Gasteiger partial charge in [0.05, 0.1) is 32.0 Å². The van der Waals surface area contributed by atoms with E-state index in [0.29, 0.717) is 39.2 Å². The van der Waals surface area contributed by atoms with E-state index in [2.05, 4.69) is 5.32 Å². The first-order valence-electron chi connectivity index (χ1n) is 8.77. The van der Waals surface area contributed by atoms with Gasteiger partial charge in [0.2, 0.25) is 5.91 Å². The average Bonchev–Trinajstić information content (AvgIpc) is 2.52. The number of methoxy groups -OCH3 is 1. The van der Waals surface area contributed by atoms with E-state index in [1.165, 1.54) is 0 Å². The van der Waals surface area contributed by atoms with Crippen LogP contribution in [0.4, 0.5) is 0 Å². The maximum absolute atomic E-state index is 11.6. The minimum atomic E-state index is -0.640. The highest BCUT2D eigenvalue weighted by Gasteiger charge is 2.09. The van der Waals surface area contributed by atoms with Crippen LogP contribution < -0.4 is 5.32 Å². The molecule has 6 heteroatoms. The van der Waals surface area contributed by atoms with Gasteiger partial charge < -0.3 is 25.0 Å². The number of unbranched alkanes of at least 4 members (excludes halogenated alkanes) is 5. The molecule has 0 rings (SSSR count). The Morgan fingerprint density at radius 1 is 1.00 bits per heavy atom.